The molecule has 1 aliphatic rings. The third kappa shape index (κ3) is 1.56. The number of nitrogens with two attached hydrogens (primary N) is 1. The lowest BCUT2D eigenvalue weighted by Crippen LogP contribution is -1.91. The number of anilines is 1. The van der Waals surface area contributed by atoms with Crippen LogP contribution >= 0.6 is 0 Å². The normalized spacial score (nSPS) is 15.3. The maximum atomic E-state index is 13.0. The van der Waals surface area contributed by atoms with Crippen molar-refractivity contribution < 1.29 is 8.81 Å². The molecule has 0 bridgehead atoms. The van der Waals surface area contributed by atoms with Gasteiger partial charge in [-0.15, -0.1) is 0 Å². The molecule has 0 saturated heterocycles. The Morgan fingerprint density at radius 3 is 2.88 bits per heavy atom. The fourth-order valence-corrected chi connectivity index (χ4v) is 1.64. The summed E-state index contributed by atoms with van der Waals surface area (Å²) in [6.45, 7) is 0. The van der Waals surface area contributed by atoms with E-state index >= 15 is 0 Å². The Morgan fingerprint density at radius 2 is 2.19 bits per heavy atom. The predicted octanol–water partition coefficient (Wildman–Crippen LogP) is 2.94. The van der Waals surface area contributed by atoms with Crippen molar-refractivity contribution in [3.63, 3.8) is 0 Å². The molecule has 0 amide bonds. The number of nitrogens with zero attached hydrogens (tertiary/aromatic N) is 1. The van der Waals surface area contributed by atoms with Crippen molar-refractivity contribution in [1.29, 1.82) is 0 Å². The van der Waals surface area contributed by atoms with E-state index in [-0.39, 0.29) is 5.69 Å². The van der Waals surface area contributed by atoms with E-state index in [1.807, 2.05) is 0 Å². The van der Waals surface area contributed by atoms with Crippen LogP contribution < -0.4 is 5.73 Å². The quantitative estimate of drug-likeness (QED) is 0.788. The third-order valence-electron chi connectivity index (χ3n) is 2.74. The Kier molecular flexibility index (Phi) is 1.96. The maximum Gasteiger partial charge on any atom is 0.197 e. The molecule has 1 fully saturated rings. The Hall–Kier alpha value is -1.84. The van der Waals surface area contributed by atoms with Gasteiger partial charge < -0.3 is 10.2 Å². The third-order valence-corrected chi connectivity index (χ3v) is 2.74. The first-order valence-corrected chi connectivity index (χ1v) is 5.25. The van der Waals surface area contributed by atoms with Crippen molar-refractivity contribution >= 4 is 5.69 Å². The minimum atomic E-state index is -0.408. The molecule has 0 spiro atoms. The predicted molar refractivity (Wildman–Crippen MR) is 58.3 cm³/mol. The highest BCUT2D eigenvalue weighted by molar-refractivity contribution is 5.63. The van der Waals surface area contributed by atoms with Gasteiger partial charge in [-0.25, -0.2) is 9.37 Å². The highest BCUT2D eigenvalue weighted by atomic mass is 19.1. The standard InChI is InChI=1S/C12H11FN2O/c13-9-4-3-8(5-10(9)14)11-6-16-12(15-11)7-1-2-7/h3-7H,1-2,14H2. The summed E-state index contributed by atoms with van der Waals surface area (Å²) >= 11 is 0. The van der Waals surface area contributed by atoms with Crippen molar-refractivity contribution in [3.05, 3.63) is 36.2 Å². The molecule has 1 aliphatic carbocycles. The molecule has 2 aromatic rings. The van der Waals surface area contributed by atoms with E-state index in [0.717, 1.165) is 24.3 Å². The Bertz CT molecular complexity index is 532. The molecule has 0 unspecified atom stereocenters. The van der Waals surface area contributed by atoms with E-state index in [2.05, 4.69) is 4.98 Å². The van der Waals surface area contributed by atoms with Crippen LogP contribution in [0.1, 0.15) is 24.7 Å². The number of benzene rings is 1. The molecule has 1 heterocycles. The second-order valence-electron chi connectivity index (χ2n) is 4.08. The van der Waals surface area contributed by atoms with E-state index in [0.29, 0.717) is 11.6 Å². The molecule has 1 saturated carbocycles. The fraction of sp³-hybridized carbons (Fsp3) is 0.250. The van der Waals surface area contributed by atoms with Gasteiger partial charge in [0.2, 0.25) is 0 Å². The SMILES string of the molecule is Nc1cc(-c2coc(C3CC3)n2)ccc1F. The first-order chi connectivity index (χ1) is 7.74. The number of hydrogen-bond acceptors (Lipinski definition) is 3. The van der Waals surface area contributed by atoms with Gasteiger partial charge >= 0.3 is 0 Å². The lowest BCUT2D eigenvalue weighted by molar-refractivity contribution is 0.497. The van der Waals surface area contributed by atoms with Crippen LogP contribution in [0.15, 0.2) is 28.9 Å². The van der Waals surface area contributed by atoms with Crippen LogP contribution in [0.5, 0.6) is 0 Å². The van der Waals surface area contributed by atoms with Crippen LogP contribution in [0.3, 0.4) is 0 Å². The zero-order chi connectivity index (χ0) is 11.1. The van der Waals surface area contributed by atoms with Gasteiger partial charge in [-0.3, -0.25) is 0 Å². The summed E-state index contributed by atoms with van der Waals surface area (Å²) < 4.78 is 18.4. The summed E-state index contributed by atoms with van der Waals surface area (Å²) in [5, 5.41) is 0. The van der Waals surface area contributed by atoms with Crippen LogP contribution in [0.4, 0.5) is 10.1 Å². The summed E-state index contributed by atoms with van der Waals surface area (Å²) in [5.74, 6) is 0.846. The van der Waals surface area contributed by atoms with E-state index < -0.39 is 5.82 Å². The van der Waals surface area contributed by atoms with Gasteiger partial charge in [0.25, 0.3) is 0 Å². The van der Waals surface area contributed by atoms with Crippen molar-refractivity contribution in [1.82, 2.24) is 4.98 Å². The minimum Gasteiger partial charge on any atom is -0.448 e. The summed E-state index contributed by atoms with van der Waals surface area (Å²) in [4.78, 5) is 4.37. The largest absolute Gasteiger partial charge is 0.448 e. The van der Waals surface area contributed by atoms with E-state index in [4.69, 9.17) is 10.2 Å². The van der Waals surface area contributed by atoms with Gasteiger partial charge in [0.15, 0.2) is 5.89 Å². The zero-order valence-electron chi connectivity index (χ0n) is 8.61. The first-order valence-electron chi connectivity index (χ1n) is 5.25. The molecule has 0 atom stereocenters. The average molecular weight is 218 g/mol. The highest BCUT2D eigenvalue weighted by Crippen LogP contribution is 2.40. The second kappa shape index (κ2) is 3.33. The van der Waals surface area contributed by atoms with Gasteiger partial charge in [0, 0.05) is 11.5 Å². The molecule has 82 valence electrons. The second-order valence-corrected chi connectivity index (χ2v) is 4.08. The maximum absolute atomic E-state index is 13.0. The molecule has 3 nitrogen and oxygen atoms in total. The number of hydrogen-bond donors (Lipinski definition) is 1. The van der Waals surface area contributed by atoms with Gasteiger partial charge in [0.05, 0.1) is 5.69 Å². The Morgan fingerprint density at radius 1 is 1.38 bits per heavy atom. The number of oxazole rings is 1. The van der Waals surface area contributed by atoms with Gasteiger partial charge in [-0.05, 0) is 31.0 Å². The Labute approximate surface area is 92.1 Å². The zero-order valence-corrected chi connectivity index (χ0v) is 8.61. The molecule has 0 radical (unpaired) electrons. The minimum absolute atomic E-state index is 0.133. The smallest absolute Gasteiger partial charge is 0.197 e. The van der Waals surface area contributed by atoms with Crippen molar-refractivity contribution in [2.45, 2.75) is 18.8 Å². The van der Waals surface area contributed by atoms with Gasteiger partial charge in [-0.2, -0.15) is 0 Å². The molecule has 3 rings (SSSR count). The number of aromatic nitrogens is 1. The summed E-state index contributed by atoms with van der Waals surface area (Å²) in [5.41, 5.74) is 7.14. The van der Waals surface area contributed by atoms with Crippen molar-refractivity contribution in [3.8, 4) is 11.3 Å². The number of rotatable bonds is 2. The van der Waals surface area contributed by atoms with Crippen LogP contribution in [-0.2, 0) is 0 Å². The molecule has 16 heavy (non-hydrogen) atoms. The molecule has 2 N–H and O–H groups in total. The lowest BCUT2D eigenvalue weighted by atomic mass is 10.1. The average Bonchev–Trinajstić information content (AvgIpc) is 3.01. The summed E-state index contributed by atoms with van der Waals surface area (Å²) in [6.07, 6.45) is 3.89. The number of nitrogen functional groups attached to an aromatic ring is 1. The molecule has 4 heteroatoms. The summed E-state index contributed by atoms with van der Waals surface area (Å²) in [6, 6.07) is 4.57. The number of halogens is 1. The van der Waals surface area contributed by atoms with Gasteiger partial charge in [0.1, 0.15) is 17.8 Å². The van der Waals surface area contributed by atoms with Crippen molar-refractivity contribution in [2.75, 3.05) is 5.73 Å². The highest BCUT2D eigenvalue weighted by Gasteiger charge is 2.28. The van der Waals surface area contributed by atoms with Crippen LogP contribution in [0.2, 0.25) is 0 Å². The summed E-state index contributed by atoms with van der Waals surface area (Å²) in [7, 11) is 0. The molecular weight excluding hydrogens is 207 g/mol. The topological polar surface area (TPSA) is 52.0 Å². The van der Waals surface area contributed by atoms with Crippen LogP contribution in [0, 0.1) is 5.82 Å². The molecular formula is C12H11FN2O. The molecule has 1 aromatic heterocycles. The van der Waals surface area contributed by atoms with Gasteiger partial charge in [-0.1, -0.05) is 0 Å². The van der Waals surface area contributed by atoms with Crippen LogP contribution in [0.25, 0.3) is 11.3 Å². The van der Waals surface area contributed by atoms with Crippen LogP contribution in [-0.4, -0.2) is 4.98 Å². The first kappa shape index (κ1) is 9.39. The van der Waals surface area contributed by atoms with E-state index in [9.17, 15) is 4.39 Å². The monoisotopic (exact) mass is 218 g/mol. The Balaban J connectivity index is 1.97. The molecule has 0 aliphatic heterocycles. The molecule has 1 aromatic carbocycles. The van der Waals surface area contributed by atoms with E-state index in [1.165, 1.54) is 6.07 Å². The lowest BCUT2D eigenvalue weighted by Gasteiger charge is -1.98. The van der Waals surface area contributed by atoms with Crippen molar-refractivity contribution in [2.24, 2.45) is 0 Å². The van der Waals surface area contributed by atoms with E-state index in [1.54, 1.807) is 18.4 Å². The fourth-order valence-electron chi connectivity index (χ4n) is 1.64.